The van der Waals surface area contributed by atoms with Crippen LogP contribution < -0.4 is 15.8 Å². The first-order valence-corrected chi connectivity index (χ1v) is 7.18. The van der Waals surface area contributed by atoms with E-state index in [2.05, 4.69) is 15.5 Å². The van der Waals surface area contributed by atoms with Gasteiger partial charge in [-0.3, -0.25) is 0 Å². The molecule has 1 saturated carbocycles. The molecule has 1 aromatic heterocycles. The average molecular weight is 309 g/mol. The summed E-state index contributed by atoms with van der Waals surface area (Å²) in [5, 5.41) is 7.77. The van der Waals surface area contributed by atoms with E-state index in [1.165, 1.54) is 0 Å². The molecule has 2 aromatic rings. The number of rotatable bonds is 5. The molecule has 3 N–H and O–H groups in total. The molecule has 0 bridgehead atoms. The smallest absolute Gasteiger partial charge is 0.246 e. The maximum Gasteiger partial charge on any atom is 0.246 e. The molecule has 21 heavy (non-hydrogen) atoms. The molecule has 1 aromatic carbocycles. The summed E-state index contributed by atoms with van der Waals surface area (Å²) in [5.74, 6) is 1.78. The van der Waals surface area contributed by atoms with Gasteiger partial charge in [0.2, 0.25) is 5.89 Å². The SMILES string of the molecule is COc1ccc(Cl)cc1NCc1nc(C2(N)CCC2)no1. The van der Waals surface area contributed by atoms with Crippen LogP contribution in [0.2, 0.25) is 5.02 Å². The van der Waals surface area contributed by atoms with Crippen LogP contribution in [0.3, 0.4) is 0 Å². The van der Waals surface area contributed by atoms with Gasteiger partial charge in [0.15, 0.2) is 5.82 Å². The Morgan fingerprint density at radius 3 is 2.95 bits per heavy atom. The van der Waals surface area contributed by atoms with Crippen molar-refractivity contribution in [2.45, 2.75) is 31.3 Å². The Bertz CT molecular complexity index is 640. The van der Waals surface area contributed by atoms with Gasteiger partial charge in [0.25, 0.3) is 0 Å². The molecule has 1 aliphatic carbocycles. The molecule has 1 aliphatic rings. The molecule has 0 radical (unpaired) electrons. The van der Waals surface area contributed by atoms with Crippen molar-refractivity contribution in [2.75, 3.05) is 12.4 Å². The standard InChI is InChI=1S/C14H17ClN4O2/c1-20-11-4-3-9(15)7-10(11)17-8-12-18-13(19-21-12)14(16)5-2-6-14/h3-4,7,17H,2,5-6,8,16H2,1H3. The van der Waals surface area contributed by atoms with E-state index in [1.807, 2.05) is 0 Å². The summed E-state index contributed by atoms with van der Waals surface area (Å²) in [4.78, 5) is 4.36. The monoisotopic (exact) mass is 308 g/mol. The third-order valence-corrected chi connectivity index (χ3v) is 3.99. The topological polar surface area (TPSA) is 86.2 Å². The van der Waals surface area contributed by atoms with Gasteiger partial charge in [-0.1, -0.05) is 16.8 Å². The van der Waals surface area contributed by atoms with Crippen LogP contribution >= 0.6 is 11.6 Å². The minimum atomic E-state index is -0.407. The second-order valence-electron chi connectivity index (χ2n) is 5.22. The predicted molar refractivity (Wildman–Crippen MR) is 79.3 cm³/mol. The van der Waals surface area contributed by atoms with Gasteiger partial charge in [0.1, 0.15) is 5.75 Å². The maximum absolute atomic E-state index is 6.17. The average Bonchev–Trinajstić information content (AvgIpc) is 2.92. The minimum Gasteiger partial charge on any atom is -0.495 e. The molecular weight excluding hydrogens is 292 g/mol. The Labute approximate surface area is 127 Å². The van der Waals surface area contributed by atoms with Crippen LogP contribution in [0.15, 0.2) is 22.7 Å². The molecule has 112 valence electrons. The number of nitrogens with zero attached hydrogens (tertiary/aromatic N) is 2. The molecule has 1 heterocycles. The van der Waals surface area contributed by atoms with Gasteiger partial charge in [-0.2, -0.15) is 4.98 Å². The summed E-state index contributed by atoms with van der Waals surface area (Å²) in [6.45, 7) is 0.389. The molecule has 0 saturated heterocycles. The van der Waals surface area contributed by atoms with E-state index in [0.717, 1.165) is 24.9 Å². The molecule has 0 atom stereocenters. The highest BCUT2D eigenvalue weighted by molar-refractivity contribution is 6.30. The Morgan fingerprint density at radius 1 is 1.48 bits per heavy atom. The lowest BCUT2D eigenvalue weighted by atomic mass is 9.77. The van der Waals surface area contributed by atoms with Crippen LogP contribution in [0.4, 0.5) is 5.69 Å². The zero-order valence-corrected chi connectivity index (χ0v) is 12.5. The van der Waals surface area contributed by atoms with E-state index in [4.69, 9.17) is 26.6 Å². The number of benzene rings is 1. The lowest BCUT2D eigenvalue weighted by molar-refractivity contribution is 0.229. The van der Waals surface area contributed by atoms with E-state index < -0.39 is 5.54 Å². The van der Waals surface area contributed by atoms with Gasteiger partial charge in [0.05, 0.1) is 24.9 Å². The van der Waals surface area contributed by atoms with Gasteiger partial charge >= 0.3 is 0 Å². The summed E-state index contributed by atoms with van der Waals surface area (Å²) in [5.41, 5.74) is 6.53. The molecular formula is C14H17ClN4O2. The van der Waals surface area contributed by atoms with E-state index in [1.54, 1.807) is 25.3 Å². The molecule has 0 unspecified atom stereocenters. The summed E-state index contributed by atoms with van der Waals surface area (Å²) in [6.07, 6.45) is 2.92. The van der Waals surface area contributed by atoms with Crippen molar-refractivity contribution in [3.8, 4) is 5.75 Å². The van der Waals surface area contributed by atoms with Crippen molar-refractivity contribution in [3.63, 3.8) is 0 Å². The molecule has 1 fully saturated rings. The largest absolute Gasteiger partial charge is 0.495 e. The van der Waals surface area contributed by atoms with Gasteiger partial charge in [-0.15, -0.1) is 0 Å². The van der Waals surface area contributed by atoms with E-state index in [9.17, 15) is 0 Å². The summed E-state index contributed by atoms with van der Waals surface area (Å²) in [7, 11) is 1.61. The predicted octanol–water partition coefficient (Wildman–Crippen LogP) is 2.68. The Hall–Kier alpha value is -1.79. The first kappa shape index (κ1) is 14.2. The fourth-order valence-electron chi connectivity index (χ4n) is 2.30. The van der Waals surface area contributed by atoms with Gasteiger partial charge < -0.3 is 20.3 Å². The number of nitrogens with one attached hydrogen (secondary N) is 1. The molecule has 6 nitrogen and oxygen atoms in total. The Kier molecular flexibility index (Phi) is 3.73. The minimum absolute atomic E-state index is 0.389. The lowest BCUT2D eigenvalue weighted by Gasteiger charge is -2.34. The van der Waals surface area contributed by atoms with E-state index in [0.29, 0.717) is 29.0 Å². The highest BCUT2D eigenvalue weighted by Gasteiger charge is 2.38. The van der Waals surface area contributed by atoms with Crippen molar-refractivity contribution in [3.05, 3.63) is 34.9 Å². The number of hydrogen-bond donors (Lipinski definition) is 2. The van der Waals surface area contributed by atoms with Gasteiger partial charge in [-0.25, -0.2) is 0 Å². The number of nitrogens with two attached hydrogens (primary N) is 1. The normalized spacial score (nSPS) is 16.3. The van der Waals surface area contributed by atoms with Crippen molar-refractivity contribution in [1.82, 2.24) is 10.1 Å². The summed E-state index contributed by atoms with van der Waals surface area (Å²) in [6, 6.07) is 5.35. The zero-order valence-electron chi connectivity index (χ0n) is 11.7. The third kappa shape index (κ3) is 2.82. The first-order chi connectivity index (χ1) is 10.1. The van der Waals surface area contributed by atoms with E-state index in [-0.39, 0.29) is 0 Å². The number of ether oxygens (including phenoxy) is 1. The summed E-state index contributed by atoms with van der Waals surface area (Å²) < 4.78 is 10.5. The van der Waals surface area contributed by atoms with Gasteiger partial charge in [-0.05, 0) is 37.5 Å². The number of aromatic nitrogens is 2. The van der Waals surface area contributed by atoms with Crippen LogP contribution in [0, 0.1) is 0 Å². The number of anilines is 1. The van der Waals surface area contributed by atoms with Crippen LogP contribution in [-0.4, -0.2) is 17.3 Å². The number of methoxy groups -OCH3 is 1. The van der Waals surface area contributed by atoms with Crippen LogP contribution in [0.25, 0.3) is 0 Å². The highest BCUT2D eigenvalue weighted by atomic mass is 35.5. The Balaban J connectivity index is 1.69. The van der Waals surface area contributed by atoms with Crippen LogP contribution in [0.5, 0.6) is 5.75 Å². The number of halogens is 1. The first-order valence-electron chi connectivity index (χ1n) is 6.80. The van der Waals surface area contributed by atoms with Crippen molar-refractivity contribution >= 4 is 17.3 Å². The fraction of sp³-hybridized carbons (Fsp3) is 0.429. The van der Waals surface area contributed by atoms with Crippen LogP contribution in [-0.2, 0) is 12.1 Å². The van der Waals surface area contributed by atoms with Crippen molar-refractivity contribution in [1.29, 1.82) is 0 Å². The zero-order chi connectivity index (χ0) is 14.9. The molecule has 0 amide bonds. The molecule has 3 rings (SSSR count). The highest BCUT2D eigenvalue weighted by Crippen LogP contribution is 2.37. The van der Waals surface area contributed by atoms with Crippen molar-refractivity contribution < 1.29 is 9.26 Å². The lowest BCUT2D eigenvalue weighted by Crippen LogP contribution is -2.44. The fourth-order valence-corrected chi connectivity index (χ4v) is 2.47. The molecule has 0 aliphatic heterocycles. The second kappa shape index (κ2) is 5.54. The maximum atomic E-state index is 6.17. The van der Waals surface area contributed by atoms with E-state index >= 15 is 0 Å². The molecule has 7 heteroatoms. The van der Waals surface area contributed by atoms with Gasteiger partial charge in [0, 0.05) is 5.02 Å². The number of hydrogen-bond acceptors (Lipinski definition) is 6. The quantitative estimate of drug-likeness (QED) is 0.883. The molecule has 0 spiro atoms. The Morgan fingerprint density at radius 2 is 2.29 bits per heavy atom. The van der Waals surface area contributed by atoms with Crippen molar-refractivity contribution in [2.24, 2.45) is 5.73 Å². The third-order valence-electron chi connectivity index (χ3n) is 3.75. The second-order valence-corrected chi connectivity index (χ2v) is 5.66. The van der Waals surface area contributed by atoms with Crippen LogP contribution in [0.1, 0.15) is 31.0 Å². The summed E-state index contributed by atoms with van der Waals surface area (Å²) >= 11 is 5.98.